The molecule has 1 aromatic rings. The molecule has 3 heteroatoms. The van der Waals surface area contributed by atoms with Gasteiger partial charge in [-0.3, -0.25) is 4.90 Å². The van der Waals surface area contributed by atoms with E-state index in [2.05, 4.69) is 51.7 Å². The summed E-state index contributed by atoms with van der Waals surface area (Å²) in [5, 5.41) is 10.4. The van der Waals surface area contributed by atoms with E-state index in [4.69, 9.17) is 4.74 Å². The van der Waals surface area contributed by atoms with E-state index in [-0.39, 0.29) is 0 Å². The number of ether oxygens (including phenoxy) is 1. The van der Waals surface area contributed by atoms with Gasteiger partial charge in [-0.2, -0.15) is 0 Å². The Hall–Kier alpha value is -1.06. The maximum Gasteiger partial charge on any atom is 0.125 e. The molecule has 2 rings (SSSR count). The Labute approximate surface area is 135 Å². The number of aryl methyl sites for hydroxylation is 3. The fourth-order valence-electron chi connectivity index (χ4n) is 3.70. The lowest BCUT2D eigenvalue weighted by molar-refractivity contribution is 0.0206. The molecular formula is C19H31NO2. The minimum Gasteiger partial charge on any atom is -0.490 e. The Morgan fingerprint density at radius 3 is 2.23 bits per heavy atom. The summed E-state index contributed by atoms with van der Waals surface area (Å²) in [5.41, 5.74) is 3.53. The molecular weight excluding hydrogens is 274 g/mol. The van der Waals surface area contributed by atoms with Gasteiger partial charge in [-0.25, -0.2) is 0 Å². The van der Waals surface area contributed by atoms with Gasteiger partial charge in [0.25, 0.3) is 0 Å². The topological polar surface area (TPSA) is 32.7 Å². The van der Waals surface area contributed by atoms with Gasteiger partial charge in [-0.15, -0.1) is 0 Å². The van der Waals surface area contributed by atoms with E-state index in [0.29, 0.717) is 25.2 Å². The molecule has 22 heavy (non-hydrogen) atoms. The third-order valence-corrected chi connectivity index (χ3v) is 4.82. The summed E-state index contributed by atoms with van der Waals surface area (Å²) in [7, 11) is 0. The van der Waals surface area contributed by atoms with Crippen LogP contribution in [0, 0.1) is 20.8 Å². The molecule has 0 aromatic heterocycles. The van der Waals surface area contributed by atoms with E-state index >= 15 is 0 Å². The molecule has 3 nitrogen and oxygen atoms in total. The molecule has 0 radical (unpaired) electrons. The zero-order valence-electron chi connectivity index (χ0n) is 14.7. The highest BCUT2D eigenvalue weighted by molar-refractivity contribution is 5.42. The van der Waals surface area contributed by atoms with Crippen LogP contribution in [0.5, 0.6) is 5.75 Å². The molecule has 1 heterocycles. The Morgan fingerprint density at radius 1 is 1.14 bits per heavy atom. The third kappa shape index (κ3) is 4.23. The van der Waals surface area contributed by atoms with E-state index in [1.165, 1.54) is 24.8 Å². The van der Waals surface area contributed by atoms with Gasteiger partial charge in [-0.1, -0.05) is 24.1 Å². The van der Waals surface area contributed by atoms with Gasteiger partial charge in [-0.05, 0) is 58.6 Å². The summed E-state index contributed by atoms with van der Waals surface area (Å²) in [6.07, 6.45) is 3.32. The van der Waals surface area contributed by atoms with Crippen molar-refractivity contribution in [2.24, 2.45) is 0 Å². The van der Waals surface area contributed by atoms with Crippen molar-refractivity contribution in [3.8, 4) is 5.75 Å². The molecule has 0 unspecified atom stereocenters. The summed E-state index contributed by atoms with van der Waals surface area (Å²) in [6.45, 7) is 11.8. The standard InChI is InChI=1S/C19H31NO2/c1-13-9-14(2)19(15(3)10-13)22-12-18(21)11-20-16(4)7-6-8-17(20)5/h9-10,16-18,21H,6-8,11-12H2,1-5H3/t16-,17+,18-/m0/s1. The van der Waals surface area contributed by atoms with Crippen molar-refractivity contribution in [3.05, 3.63) is 28.8 Å². The first kappa shape index (κ1) is 17.3. The smallest absolute Gasteiger partial charge is 0.125 e. The number of β-amino-alcohol motifs (C(OH)–C–C–N with tert-alkyl or cyclic N) is 1. The van der Waals surface area contributed by atoms with Crippen LogP contribution in [0.2, 0.25) is 0 Å². The minimum atomic E-state index is -0.442. The van der Waals surface area contributed by atoms with Crippen molar-refractivity contribution in [3.63, 3.8) is 0 Å². The third-order valence-electron chi connectivity index (χ3n) is 4.82. The van der Waals surface area contributed by atoms with Crippen molar-refractivity contribution in [2.45, 2.75) is 72.1 Å². The Balaban J connectivity index is 1.91. The SMILES string of the molecule is Cc1cc(C)c(OC[C@@H](O)CN2[C@H](C)CCC[C@@H]2C)c(C)c1. The van der Waals surface area contributed by atoms with Gasteiger partial charge in [0, 0.05) is 18.6 Å². The minimum absolute atomic E-state index is 0.362. The molecule has 1 fully saturated rings. The number of hydrogen-bond donors (Lipinski definition) is 1. The molecule has 3 atom stereocenters. The molecule has 0 amide bonds. The first-order chi connectivity index (χ1) is 10.4. The van der Waals surface area contributed by atoms with Crippen LogP contribution in [0.4, 0.5) is 0 Å². The molecule has 1 aromatic carbocycles. The molecule has 0 bridgehead atoms. The second-order valence-electron chi connectivity index (χ2n) is 7.02. The van der Waals surface area contributed by atoms with Crippen LogP contribution >= 0.6 is 0 Å². The molecule has 124 valence electrons. The molecule has 1 N–H and O–H groups in total. The summed E-state index contributed by atoms with van der Waals surface area (Å²) in [4.78, 5) is 2.42. The van der Waals surface area contributed by atoms with E-state index in [9.17, 15) is 5.11 Å². The number of rotatable bonds is 5. The highest BCUT2D eigenvalue weighted by Crippen LogP contribution is 2.25. The van der Waals surface area contributed by atoms with Crippen LogP contribution in [0.25, 0.3) is 0 Å². The van der Waals surface area contributed by atoms with Crippen LogP contribution in [-0.4, -0.2) is 41.3 Å². The van der Waals surface area contributed by atoms with Gasteiger partial charge in [0.2, 0.25) is 0 Å². The Bertz CT molecular complexity index is 467. The normalized spacial score (nSPS) is 24.3. The van der Waals surface area contributed by atoms with Crippen LogP contribution in [0.1, 0.15) is 49.8 Å². The summed E-state index contributed by atoms with van der Waals surface area (Å²) in [6, 6.07) is 5.37. The maximum atomic E-state index is 10.4. The average molecular weight is 305 g/mol. The van der Waals surface area contributed by atoms with Crippen molar-refractivity contribution < 1.29 is 9.84 Å². The van der Waals surface area contributed by atoms with E-state index in [1.54, 1.807) is 0 Å². The Kier molecular flexibility index (Phi) is 5.87. The van der Waals surface area contributed by atoms with Crippen molar-refractivity contribution in [1.29, 1.82) is 0 Å². The monoisotopic (exact) mass is 305 g/mol. The van der Waals surface area contributed by atoms with Gasteiger partial charge < -0.3 is 9.84 Å². The van der Waals surface area contributed by atoms with Crippen LogP contribution in [0.3, 0.4) is 0 Å². The number of nitrogens with zero attached hydrogens (tertiary/aromatic N) is 1. The van der Waals surface area contributed by atoms with Gasteiger partial charge in [0.15, 0.2) is 0 Å². The van der Waals surface area contributed by atoms with Crippen molar-refractivity contribution >= 4 is 0 Å². The predicted molar refractivity (Wildman–Crippen MR) is 91.6 cm³/mol. The van der Waals surface area contributed by atoms with E-state index in [1.807, 2.05) is 0 Å². The maximum absolute atomic E-state index is 10.4. The second kappa shape index (κ2) is 7.47. The number of likely N-dealkylation sites (tertiary alicyclic amines) is 1. The lowest BCUT2D eigenvalue weighted by Crippen LogP contribution is -2.48. The first-order valence-corrected chi connectivity index (χ1v) is 8.53. The van der Waals surface area contributed by atoms with Gasteiger partial charge >= 0.3 is 0 Å². The van der Waals surface area contributed by atoms with Crippen LogP contribution in [-0.2, 0) is 0 Å². The van der Waals surface area contributed by atoms with Crippen molar-refractivity contribution in [1.82, 2.24) is 4.90 Å². The number of benzene rings is 1. The lowest BCUT2D eigenvalue weighted by atomic mass is 9.97. The number of hydrogen-bond acceptors (Lipinski definition) is 3. The predicted octanol–water partition coefficient (Wildman–Crippen LogP) is 3.61. The fourth-order valence-corrected chi connectivity index (χ4v) is 3.70. The zero-order chi connectivity index (χ0) is 16.3. The van der Waals surface area contributed by atoms with E-state index in [0.717, 1.165) is 16.9 Å². The summed E-state index contributed by atoms with van der Waals surface area (Å²) < 4.78 is 5.92. The van der Waals surface area contributed by atoms with E-state index < -0.39 is 6.10 Å². The lowest BCUT2D eigenvalue weighted by Gasteiger charge is -2.40. The molecule has 1 saturated heterocycles. The number of aliphatic hydroxyl groups excluding tert-OH is 1. The second-order valence-corrected chi connectivity index (χ2v) is 7.02. The molecule has 1 aliphatic rings. The highest BCUT2D eigenvalue weighted by atomic mass is 16.5. The van der Waals surface area contributed by atoms with Crippen LogP contribution < -0.4 is 4.74 Å². The fraction of sp³-hybridized carbons (Fsp3) is 0.684. The number of piperidine rings is 1. The average Bonchev–Trinajstić information content (AvgIpc) is 2.42. The zero-order valence-corrected chi connectivity index (χ0v) is 14.7. The highest BCUT2D eigenvalue weighted by Gasteiger charge is 2.26. The quantitative estimate of drug-likeness (QED) is 0.902. The summed E-state index contributed by atoms with van der Waals surface area (Å²) in [5.74, 6) is 0.921. The molecule has 0 saturated carbocycles. The summed E-state index contributed by atoms with van der Waals surface area (Å²) >= 11 is 0. The van der Waals surface area contributed by atoms with Gasteiger partial charge in [0.1, 0.15) is 18.5 Å². The number of aliphatic hydroxyl groups is 1. The molecule has 1 aliphatic heterocycles. The van der Waals surface area contributed by atoms with Gasteiger partial charge in [0.05, 0.1) is 0 Å². The van der Waals surface area contributed by atoms with Crippen molar-refractivity contribution in [2.75, 3.05) is 13.2 Å². The molecule has 0 spiro atoms. The van der Waals surface area contributed by atoms with Crippen LogP contribution in [0.15, 0.2) is 12.1 Å². The first-order valence-electron chi connectivity index (χ1n) is 8.53. The molecule has 0 aliphatic carbocycles. The largest absolute Gasteiger partial charge is 0.490 e. The Morgan fingerprint density at radius 2 is 1.68 bits per heavy atom.